The number of aliphatic hydroxyl groups is 1. The molecule has 2 aliphatic carbocycles. The topological polar surface area (TPSA) is 124 Å². The van der Waals surface area contributed by atoms with Crippen LogP contribution in [-0.2, 0) is 30.7 Å². The summed E-state index contributed by atoms with van der Waals surface area (Å²) in [4.78, 5) is 18.5. The van der Waals surface area contributed by atoms with Crippen molar-refractivity contribution in [3.8, 4) is 23.0 Å². The number of amides is 1. The van der Waals surface area contributed by atoms with E-state index >= 15 is 8.78 Å². The second kappa shape index (κ2) is 12.2. The van der Waals surface area contributed by atoms with E-state index in [9.17, 15) is 27.5 Å². The highest BCUT2D eigenvalue weighted by Gasteiger charge is 2.67. The lowest BCUT2D eigenvalue weighted by molar-refractivity contribution is -0.123. The fourth-order valence-corrected chi connectivity index (χ4v) is 6.97. The standard InChI is InChI=1S/C36H31F6N7O2/c1-35(2,51)10-9-20-7-8-21(22-5-4-6-23-31(22)48(3)47-34(23)43)29(44-20)26(13-17-11-18(37)14-19(38)12-17)45-27(50)16-49-32-28(30(46-49)33(39)40)24-15-25(24)36(32,41)42/h4-8,11-12,14,24-26,33,51H,13,15-16H2,1-3H3,(H2,43,47)(H,45,50)/t24-,25?,26-/m0/s1. The molecule has 7 rings (SSSR count). The number of halogens is 6. The number of aryl methyl sites for hydroxylation is 1. The minimum absolute atomic E-state index is 0.0556. The second-order valence-corrected chi connectivity index (χ2v) is 13.4. The zero-order valence-corrected chi connectivity index (χ0v) is 27.5. The maximum Gasteiger partial charge on any atom is 0.293 e. The smallest absolute Gasteiger partial charge is 0.293 e. The van der Waals surface area contributed by atoms with Gasteiger partial charge in [-0.25, -0.2) is 22.5 Å². The Hall–Kier alpha value is -5.36. The van der Waals surface area contributed by atoms with Crippen LogP contribution in [-0.4, -0.2) is 41.2 Å². The number of hydrogen-bond acceptors (Lipinski definition) is 6. The number of alkyl halides is 4. The zero-order chi connectivity index (χ0) is 36.6. The van der Waals surface area contributed by atoms with Gasteiger partial charge in [-0.1, -0.05) is 18.1 Å². The summed E-state index contributed by atoms with van der Waals surface area (Å²) < 4.78 is 89.5. The van der Waals surface area contributed by atoms with Crippen molar-refractivity contribution in [1.82, 2.24) is 29.9 Å². The lowest BCUT2D eigenvalue weighted by atomic mass is 9.93. The number of nitrogens with one attached hydrogen (secondary N) is 1. The largest absolute Gasteiger partial charge is 0.382 e. The summed E-state index contributed by atoms with van der Waals surface area (Å²) in [6.07, 6.45) is -3.32. The van der Waals surface area contributed by atoms with Crippen LogP contribution in [0.25, 0.3) is 22.0 Å². The second-order valence-electron chi connectivity index (χ2n) is 13.4. The maximum atomic E-state index is 15.3. The fourth-order valence-electron chi connectivity index (χ4n) is 6.97. The van der Waals surface area contributed by atoms with Crippen LogP contribution in [0, 0.1) is 29.4 Å². The van der Waals surface area contributed by atoms with Crippen molar-refractivity contribution in [2.45, 2.75) is 63.1 Å². The summed E-state index contributed by atoms with van der Waals surface area (Å²) in [7, 11) is 1.68. The number of benzene rings is 2. The predicted molar refractivity (Wildman–Crippen MR) is 174 cm³/mol. The van der Waals surface area contributed by atoms with E-state index in [4.69, 9.17) is 10.7 Å². The number of nitrogens with zero attached hydrogens (tertiary/aromatic N) is 5. The Bertz CT molecular complexity index is 2260. The summed E-state index contributed by atoms with van der Waals surface area (Å²) in [5, 5.41) is 21.7. The Labute approximate surface area is 287 Å². The molecule has 0 bridgehead atoms. The highest BCUT2D eigenvalue weighted by Crippen LogP contribution is 2.68. The van der Waals surface area contributed by atoms with Crippen LogP contribution in [0.1, 0.15) is 72.6 Å². The lowest BCUT2D eigenvalue weighted by Gasteiger charge is -2.23. The van der Waals surface area contributed by atoms with Gasteiger partial charge in [0.25, 0.3) is 12.3 Å². The molecule has 1 unspecified atom stereocenters. The Morgan fingerprint density at radius 2 is 1.82 bits per heavy atom. The van der Waals surface area contributed by atoms with E-state index in [0.29, 0.717) is 32.8 Å². The number of fused-ring (bicyclic) bond motifs is 4. The van der Waals surface area contributed by atoms with Crippen LogP contribution in [0.15, 0.2) is 48.5 Å². The number of nitrogens with two attached hydrogens (primary N) is 1. The van der Waals surface area contributed by atoms with E-state index in [2.05, 4.69) is 27.4 Å². The van der Waals surface area contributed by atoms with Crippen LogP contribution in [0.5, 0.6) is 0 Å². The van der Waals surface area contributed by atoms with Crippen molar-refractivity contribution in [1.29, 1.82) is 0 Å². The Morgan fingerprint density at radius 1 is 1.10 bits per heavy atom. The molecule has 0 saturated heterocycles. The molecule has 3 aromatic heterocycles. The highest BCUT2D eigenvalue weighted by atomic mass is 19.3. The number of hydrogen-bond donors (Lipinski definition) is 3. The van der Waals surface area contributed by atoms with E-state index in [1.165, 1.54) is 13.8 Å². The normalized spacial score (nSPS) is 17.9. The first-order chi connectivity index (χ1) is 24.0. The van der Waals surface area contributed by atoms with Crippen molar-refractivity contribution in [2.24, 2.45) is 13.0 Å². The first-order valence-electron chi connectivity index (χ1n) is 16.0. The molecule has 1 saturated carbocycles. The van der Waals surface area contributed by atoms with Gasteiger partial charge in [0.05, 0.1) is 17.3 Å². The van der Waals surface area contributed by atoms with Crippen LogP contribution >= 0.6 is 0 Å². The summed E-state index contributed by atoms with van der Waals surface area (Å²) >= 11 is 0. The minimum atomic E-state index is -3.45. The molecule has 0 radical (unpaired) electrons. The number of anilines is 1. The molecule has 1 amide bonds. The SMILES string of the molecule is Cn1nc(N)c2cccc(-c3ccc(C#CC(C)(C)O)nc3[C@H](Cc3cc(F)cc(F)c3)NC(=O)Cn3nc(C(F)F)c4c3C(F)(F)C3C[C@H]43)c21. The molecule has 2 aromatic carbocycles. The molecular formula is C36H31F6N7O2. The third-order valence-electron chi connectivity index (χ3n) is 9.09. The van der Waals surface area contributed by atoms with Gasteiger partial charge in [-0.05, 0) is 74.4 Å². The first kappa shape index (κ1) is 34.1. The molecule has 3 atom stereocenters. The molecule has 0 spiro atoms. The van der Waals surface area contributed by atoms with Gasteiger partial charge in [-0.15, -0.1) is 0 Å². The average molecular weight is 708 g/mol. The highest BCUT2D eigenvalue weighted by molar-refractivity contribution is 6.00. The zero-order valence-electron chi connectivity index (χ0n) is 27.5. The molecular weight excluding hydrogens is 676 g/mol. The molecule has 0 aliphatic heterocycles. The van der Waals surface area contributed by atoms with Gasteiger partial charge in [0.15, 0.2) is 5.82 Å². The van der Waals surface area contributed by atoms with Gasteiger partial charge in [-0.2, -0.15) is 19.0 Å². The third-order valence-corrected chi connectivity index (χ3v) is 9.09. The van der Waals surface area contributed by atoms with Crippen LogP contribution in [0.3, 0.4) is 0 Å². The number of para-hydroxylation sites is 1. The van der Waals surface area contributed by atoms with Gasteiger partial charge in [-0.3, -0.25) is 14.2 Å². The Morgan fingerprint density at radius 3 is 2.51 bits per heavy atom. The van der Waals surface area contributed by atoms with E-state index in [1.54, 1.807) is 42.1 Å². The van der Waals surface area contributed by atoms with Crippen molar-refractivity contribution < 1.29 is 36.2 Å². The minimum Gasteiger partial charge on any atom is -0.382 e. The van der Waals surface area contributed by atoms with Gasteiger partial charge >= 0.3 is 0 Å². The summed E-state index contributed by atoms with van der Waals surface area (Å²) in [6, 6.07) is 10.2. The van der Waals surface area contributed by atoms with E-state index in [-0.39, 0.29) is 41.2 Å². The predicted octanol–water partition coefficient (Wildman–Crippen LogP) is 6.06. The van der Waals surface area contributed by atoms with Gasteiger partial charge < -0.3 is 16.2 Å². The first-order valence-corrected chi connectivity index (χ1v) is 16.0. The third kappa shape index (κ3) is 6.28. The monoisotopic (exact) mass is 707 g/mol. The Kier molecular flexibility index (Phi) is 8.13. The quantitative estimate of drug-likeness (QED) is 0.133. The maximum absolute atomic E-state index is 15.3. The molecule has 3 heterocycles. The molecule has 1 fully saturated rings. The average Bonchev–Trinajstić information content (AvgIpc) is 3.60. The fraction of sp³-hybridized carbons (Fsp3) is 0.333. The molecule has 2 aliphatic rings. The number of nitrogen functional groups attached to an aromatic ring is 1. The molecule has 264 valence electrons. The molecule has 15 heteroatoms. The Balaban J connectivity index is 1.35. The molecule has 9 nitrogen and oxygen atoms in total. The van der Waals surface area contributed by atoms with Crippen LogP contribution in [0.2, 0.25) is 0 Å². The summed E-state index contributed by atoms with van der Waals surface area (Å²) in [5.74, 6) is -2.27. The van der Waals surface area contributed by atoms with Gasteiger partial charge in [0.1, 0.15) is 40.9 Å². The van der Waals surface area contributed by atoms with Crippen LogP contribution in [0.4, 0.5) is 32.2 Å². The number of rotatable bonds is 8. The van der Waals surface area contributed by atoms with Crippen LogP contribution < -0.4 is 11.1 Å². The van der Waals surface area contributed by atoms with E-state index in [0.717, 1.165) is 12.1 Å². The molecule has 5 aromatic rings. The lowest BCUT2D eigenvalue weighted by Crippen LogP contribution is -2.35. The summed E-state index contributed by atoms with van der Waals surface area (Å²) in [5.41, 5.74) is 5.11. The van der Waals surface area contributed by atoms with Crippen molar-refractivity contribution in [3.05, 3.63) is 94.1 Å². The molecule has 51 heavy (non-hydrogen) atoms. The van der Waals surface area contributed by atoms with Gasteiger partial charge in [0, 0.05) is 41.1 Å². The van der Waals surface area contributed by atoms with E-state index < -0.39 is 71.3 Å². The number of aromatic nitrogens is 5. The number of pyridine rings is 1. The number of carbonyl (C=O) groups is 1. The molecule has 4 N–H and O–H groups in total. The summed E-state index contributed by atoms with van der Waals surface area (Å²) in [6.45, 7) is 2.10. The van der Waals surface area contributed by atoms with Crippen molar-refractivity contribution in [2.75, 3.05) is 5.73 Å². The van der Waals surface area contributed by atoms with Gasteiger partial charge in [0.2, 0.25) is 5.91 Å². The number of carbonyl (C=O) groups excluding carboxylic acids is 1. The van der Waals surface area contributed by atoms with E-state index in [1.807, 2.05) is 0 Å². The van der Waals surface area contributed by atoms with Crippen molar-refractivity contribution >= 4 is 22.6 Å². The van der Waals surface area contributed by atoms with Crippen molar-refractivity contribution in [3.63, 3.8) is 0 Å².